The van der Waals surface area contributed by atoms with Gasteiger partial charge < -0.3 is 19.9 Å². The van der Waals surface area contributed by atoms with Gasteiger partial charge in [-0.1, -0.05) is 18.2 Å². The fraction of sp³-hybridized carbons (Fsp3) is 0.238. The van der Waals surface area contributed by atoms with Crippen LogP contribution in [0.15, 0.2) is 48.7 Å². The van der Waals surface area contributed by atoms with Crippen LogP contribution in [0.2, 0.25) is 0 Å². The smallest absolute Gasteiger partial charge is 0.226 e. The number of carbonyl (C=O) groups is 1. The molecule has 1 aliphatic heterocycles. The number of ether oxygens (including phenoxy) is 2. The average Bonchev–Trinajstić information content (AvgIpc) is 3.11. The molecule has 4 rings (SSSR count). The van der Waals surface area contributed by atoms with Crippen molar-refractivity contribution in [1.82, 2.24) is 9.78 Å². The number of anilines is 1. The number of fused-ring (bicyclic) bond motifs is 1. The summed E-state index contributed by atoms with van der Waals surface area (Å²) in [5.41, 5.74) is 2.46. The summed E-state index contributed by atoms with van der Waals surface area (Å²) in [5, 5.41) is 17.8. The van der Waals surface area contributed by atoms with E-state index in [2.05, 4.69) is 10.4 Å². The van der Waals surface area contributed by atoms with Crippen LogP contribution >= 0.6 is 0 Å². The summed E-state index contributed by atoms with van der Waals surface area (Å²) >= 11 is 0. The number of carbonyl (C=O) groups excluding carboxylic acids is 1. The highest BCUT2D eigenvalue weighted by Crippen LogP contribution is 2.41. The molecule has 0 bridgehead atoms. The van der Waals surface area contributed by atoms with Crippen molar-refractivity contribution in [3.8, 4) is 17.2 Å². The Kier molecular flexibility index (Phi) is 4.65. The summed E-state index contributed by atoms with van der Waals surface area (Å²) in [5.74, 6) is 1.72. The predicted molar refractivity (Wildman–Crippen MR) is 104 cm³/mol. The number of phenols is 1. The zero-order valence-electron chi connectivity index (χ0n) is 15.7. The third kappa shape index (κ3) is 3.15. The number of rotatable bonds is 5. The number of nitrogens with zero attached hydrogens (tertiary/aromatic N) is 2. The number of phenolic OH excluding ortho intramolecular Hbond substituents is 1. The monoisotopic (exact) mass is 379 g/mol. The molecule has 1 aliphatic rings. The second-order valence-corrected chi connectivity index (χ2v) is 6.65. The lowest BCUT2D eigenvalue weighted by Gasteiger charge is -2.24. The minimum atomic E-state index is -0.301. The maximum Gasteiger partial charge on any atom is 0.226 e. The van der Waals surface area contributed by atoms with E-state index in [-0.39, 0.29) is 24.0 Å². The molecule has 2 aromatic carbocycles. The molecular weight excluding hydrogens is 358 g/mol. The van der Waals surface area contributed by atoms with Crippen molar-refractivity contribution in [2.75, 3.05) is 19.5 Å². The minimum Gasteiger partial charge on any atom is -0.508 e. The molecule has 0 unspecified atom stereocenters. The molecule has 2 N–H and O–H groups in total. The highest BCUT2D eigenvalue weighted by molar-refractivity contribution is 5.94. The largest absolute Gasteiger partial charge is 0.508 e. The summed E-state index contributed by atoms with van der Waals surface area (Å²) < 4.78 is 12.4. The van der Waals surface area contributed by atoms with Gasteiger partial charge in [-0.3, -0.25) is 4.79 Å². The van der Waals surface area contributed by atoms with E-state index in [0.717, 1.165) is 16.9 Å². The number of hydrogen-bond donors (Lipinski definition) is 2. The van der Waals surface area contributed by atoms with Gasteiger partial charge in [-0.15, -0.1) is 0 Å². The molecule has 144 valence electrons. The van der Waals surface area contributed by atoms with Crippen molar-refractivity contribution in [3.63, 3.8) is 0 Å². The van der Waals surface area contributed by atoms with Gasteiger partial charge in [-0.05, 0) is 24.3 Å². The van der Waals surface area contributed by atoms with E-state index in [1.165, 1.54) is 0 Å². The molecular formula is C21H21N3O4. The molecule has 0 saturated heterocycles. The van der Waals surface area contributed by atoms with Crippen LogP contribution in [0.5, 0.6) is 17.2 Å². The third-order valence-electron chi connectivity index (χ3n) is 5.01. The Hall–Kier alpha value is -3.48. The first-order valence-electron chi connectivity index (χ1n) is 8.95. The quantitative estimate of drug-likeness (QED) is 0.711. The number of aromatic hydroxyl groups is 1. The van der Waals surface area contributed by atoms with Crippen LogP contribution in [0.1, 0.15) is 29.0 Å². The Labute approximate surface area is 162 Å². The average molecular weight is 379 g/mol. The van der Waals surface area contributed by atoms with Crippen molar-refractivity contribution < 1.29 is 19.4 Å². The first-order valence-corrected chi connectivity index (χ1v) is 8.95. The van der Waals surface area contributed by atoms with Gasteiger partial charge in [-0.2, -0.15) is 5.10 Å². The first-order chi connectivity index (χ1) is 13.6. The molecule has 0 radical (unpaired) electrons. The second-order valence-electron chi connectivity index (χ2n) is 6.65. The van der Waals surface area contributed by atoms with Gasteiger partial charge in [0.2, 0.25) is 5.91 Å². The lowest BCUT2D eigenvalue weighted by Crippen LogP contribution is -2.25. The highest BCUT2D eigenvalue weighted by atomic mass is 16.5. The van der Waals surface area contributed by atoms with Crippen LogP contribution in [0.3, 0.4) is 0 Å². The lowest BCUT2D eigenvalue weighted by molar-refractivity contribution is -0.116. The SMILES string of the molecule is COc1ccc(O)c([C@@H]2CC(=O)Nc3c2cnn3Cc2ccccc2OC)c1. The van der Waals surface area contributed by atoms with E-state index in [1.54, 1.807) is 43.3 Å². The molecule has 28 heavy (non-hydrogen) atoms. The summed E-state index contributed by atoms with van der Waals surface area (Å²) in [6.45, 7) is 0.455. The molecule has 7 nitrogen and oxygen atoms in total. The summed E-state index contributed by atoms with van der Waals surface area (Å²) in [4.78, 5) is 12.4. The van der Waals surface area contributed by atoms with Crippen LogP contribution in [0, 0.1) is 0 Å². The van der Waals surface area contributed by atoms with Gasteiger partial charge in [0.05, 0.1) is 27.0 Å². The maximum atomic E-state index is 12.4. The van der Waals surface area contributed by atoms with Crippen molar-refractivity contribution in [2.45, 2.75) is 18.9 Å². The highest BCUT2D eigenvalue weighted by Gasteiger charge is 2.32. The van der Waals surface area contributed by atoms with E-state index in [1.807, 2.05) is 24.3 Å². The van der Waals surface area contributed by atoms with Gasteiger partial charge in [0.1, 0.15) is 23.1 Å². The fourth-order valence-corrected chi connectivity index (χ4v) is 3.60. The Morgan fingerprint density at radius 2 is 2.00 bits per heavy atom. The summed E-state index contributed by atoms with van der Waals surface area (Å²) in [6, 6.07) is 12.7. The minimum absolute atomic E-state index is 0.124. The Morgan fingerprint density at radius 3 is 2.79 bits per heavy atom. The zero-order valence-corrected chi connectivity index (χ0v) is 15.7. The van der Waals surface area contributed by atoms with Crippen LogP contribution in [-0.2, 0) is 11.3 Å². The zero-order chi connectivity index (χ0) is 19.7. The maximum absolute atomic E-state index is 12.4. The summed E-state index contributed by atoms with van der Waals surface area (Å²) in [7, 11) is 3.20. The molecule has 0 aliphatic carbocycles. The number of para-hydroxylation sites is 1. The Balaban J connectivity index is 1.74. The summed E-state index contributed by atoms with van der Waals surface area (Å²) in [6.07, 6.45) is 1.97. The number of methoxy groups -OCH3 is 2. The van der Waals surface area contributed by atoms with Gasteiger partial charge in [0, 0.05) is 29.0 Å². The third-order valence-corrected chi connectivity index (χ3v) is 5.01. The van der Waals surface area contributed by atoms with Crippen LogP contribution in [0.4, 0.5) is 5.82 Å². The molecule has 3 aromatic rings. The van der Waals surface area contributed by atoms with E-state index >= 15 is 0 Å². The van der Waals surface area contributed by atoms with Crippen LogP contribution in [0.25, 0.3) is 0 Å². The Bertz CT molecular complexity index is 1030. The first kappa shape index (κ1) is 17.9. The molecule has 1 atom stereocenters. The van der Waals surface area contributed by atoms with Crippen molar-refractivity contribution in [3.05, 3.63) is 65.4 Å². The van der Waals surface area contributed by atoms with Gasteiger partial charge in [0.25, 0.3) is 0 Å². The Morgan fingerprint density at radius 1 is 1.18 bits per heavy atom. The molecule has 1 amide bonds. The number of amides is 1. The van der Waals surface area contributed by atoms with E-state index < -0.39 is 0 Å². The van der Waals surface area contributed by atoms with Crippen molar-refractivity contribution >= 4 is 11.7 Å². The van der Waals surface area contributed by atoms with Gasteiger partial charge >= 0.3 is 0 Å². The molecule has 1 aromatic heterocycles. The molecule has 2 heterocycles. The van der Waals surface area contributed by atoms with Crippen molar-refractivity contribution in [1.29, 1.82) is 0 Å². The van der Waals surface area contributed by atoms with E-state index in [0.29, 0.717) is 23.7 Å². The van der Waals surface area contributed by atoms with Gasteiger partial charge in [0.15, 0.2) is 0 Å². The number of nitrogens with one attached hydrogen (secondary N) is 1. The fourth-order valence-electron chi connectivity index (χ4n) is 3.60. The molecule has 0 saturated carbocycles. The van der Waals surface area contributed by atoms with E-state index in [9.17, 15) is 9.90 Å². The number of hydrogen-bond acceptors (Lipinski definition) is 5. The van der Waals surface area contributed by atoms with Gasteiger partial charge in [-0.25, -0.2) is 4.68 Å². The van der Waals surface area contributed by atoms with Crippen LogP contribution in [-0.4, -0.2) is 35.0 Å². The molecule has 0 spiro atoms. The molecule has 0 fully saturated rings. The second kappa shape index (κ2) is 7.26. The normalized spacial score (nSPS) is 15.6. The van der Waals surface area contributed by atoms with E-state index in [4.69, 9.17) is 9.47 Å². The predicted octanol–water partition coefficient (Wildman–Crippen LogP) is 3.13. The number of aromatic nitrogens is 2. The number of benzene rings is 2. The molecule has 7 heteroatoms. The topological polar surface area (TPSA) is 85.6 Å². The standard InChI is InChI=1S/C21H21N3O4/c1-27-14-7-8-18(25)16(9-14)15-10-20(26)23-21-17(15)11-22-24(21)12-13-5-3-4-6-19(13)28-2/h3-9,11,15,25H,10,12H2,1-2H3,(H,23,26)/t15-/m0/s1. The lowest BCUT2D eigenvalue weighted by atomic mass is 9.86. The van der Waals surface area contributed by atoms with Crippen LogP contribution < -0.4 is 14.8 Å². The van der Waals surface area contributed by atoms with Crippen molar-refractivity contribution in [2.24, 2.45) is 0 Å².